The van der Waals surface area contributed by atoms with Gasteiger partial charge in [0, 0.05) is 6.42 Å². The summed E-state index contributed by atoms with van der Waals surface area (Å²) < 4.78 is 0. The van der Waals surface area contributed by atoms with Crippen molar-refractivity contribution in [2.45, 2.75) is 32.2 Å². The van der Waals surface area contributed by atoms with Crippen LogP contribution in [0.5, 0.6) is 0 Å². The maximum Gasteiger partial charge on any atom is 0.220 e. The number of carbonyl (C=O) groups is 1. The molecule has 3 nitrogen and oxygen atoms in total. The number of amides is 1. The molecule has 1 unspecified atom stereocenters. The number of benzene rings is 1. The van der Waals surface area contributed by atoms with E-state index in [9.17, 15) is 4.79 Å². The van der Waals surface area contributed by atoms with Crippen LogP contribution in [0.3, 0.4) is 0 Å². The van der Waals surface area contributed by atoms with Crippen LogP contribution in [0.4, 0.5) is 0 Å². The summed E-state index contributed by atoms with van der Waals surface area (Å²) in [4.78, 5) is 12.1. The van der Waals surface area contributed by atoms with Crippen molar-refractivity contribution in [1.82, 2.24) is 10.6 Å². The summed E-state index contributed by atoms with van der Waals surface area (Å²) in [7, 11) is 0. The van der Waals surface area contributed by atoms with Crippen molar-refractivity contribution in [1.29, 1.82) is 0 Å². The molecule has 0 bridgehead atoms. The standard InChI is InChI=1S/C15H20Cl2N2O/c1-10(12-2-3-13(16)14(17)9-12)19-15(20)8-11-4-6-18-7-5-11/h2-3,9-11,18H,4-8H2,1H3,(H,19,20). The third kappa shape index (κ3) is 4.37. The van der Waals surface area contributed by atoms with E-state index in [1.807, 2.05) is 13.0 Å². The van der Waals surface area contributed by atoms with Crippen LogP contribution in [-0.2, 0) is 4.79 Å². The molecular weight excluding hydrogens is 295 g/mol. The van der Waals surface area contributed by atoms with Crippen LogP contribution in [0.25, 0.3) is 0 Å². The fourth-order valence-corrected chi connectivity index (χ4v) is 2.82. The number of hydrogen-bond acceptors (Lipinski definition) is 2. The van der Waals surface area contributed by atoms with Crippen molar-refractivity contribution >= 4 is 29.1 Å². The minimum absolute atomic E-state index is 0.0565. The van der Waals surface area contributed by atoms with E-state index in [0.29, 0.717) is 22.4 Å². The van der Waals surface area contributed by atoms with E-state index >= 15 is 0 Å². The van der Waals surface area contributed by atoms with Gasteiger partial charge >= 0.3 is 0 Å². The van der Waals surface area contributed by atoms with Crippen LogP contribution >= 0.6 is 23.2 Å². The molecule has 5 heteroatoms. The molecule has 1 aromatic rings. The highest BCUT2D eigenvalue weighted by Gasteiger charge is 2.18. The Hall–Kier alpha value is -0.770. The van der Waals surface area contributed by atoms with Crippen LogP contribution in [0.1, 0.15) is 37.8 Å². The van der Waals surface area contributed by atoms with E-state index in [1.54, 1.807) is 12.1 Å². The molecule has 1 aromatic carbocycles. The van der Waals surface area contributed by atoms with Crippen LogP contribution in [-0.4, -0.2) is 19.0 Å². The Bertz CT molecular complexity index is 473. The van der Waals surface area contributed by atoms with Gasteiger partial charge in [-0.3, -0.25) is 4.79 Å². The summed E-state index contributed by atoms with van der Waals surface area (Å²) in [5.41, 5.74) is 0.970. The molecule has 20 heavy (non-hydrogen) atoms. The van der Waals surface area contributed by atoms with Crippen LogP contribution in [0.2, 0.25) is 10.0 Å². The van der Waals surface area contributed by atoms with E-state index in [1.165, 1.54) is 0 Å². The first kappa shape index (κ1) is 15.6. The van der Waals surface area contributed by atoms with Crippen molar-refractivity contribution in [2.75, 3.05) is 13.1 Å². The van der Waals surface area contributed by atoms with E-state index in [-0.39, 0.29) is 11.9 Å². The lowest BCUT2D eigenvalue weighted by atomic mass is 9.94. The molecule has 1 heterocycles. The first-order valence-electron chi connectivity index (χ1n) is 7.01. The van der Waals surface area contributed by atoms with Gasteiger partial charge in [-0.1, -0.05) is 29.3 Å². The molecule has 0 aromatic heterocycles. The number of nitrogens with one attached hydrogen (secondary N) is 2. The molecule has 1 aliphatic heterocycles. The minimum atomic E-state index is -0.0565. The van der Waals surface area contributed by atoms with E-state index < -0.39 is 0 Å². The van der Waals surface area contributed by atoms with Gasteiger partial charge in [-0.15, -0.1) is 0 Å². The monoisotopic (exact) mass is 314 g/mol. The Labute approximate surface area is 130 Å². The normalized spacial score (nSPS) is 17.8. The molecule has 1 saturated heterocycles. The Morgan fingerprint density at radius 2 is 2.05 bits per heavy atom. The Morgan fingerprint density at radius 3 is 2.70 bits per heavy atom. The molecule has 2 N–H and O–H groups in total. The van der Waals surface area contributed by atoms with Gasteiger partial charge < -0.3 is 10.6 Å². The molecule has 1 fully saturated rings. The third-order valence-corrected chi connectivity index (χ3v) is 4.49. The molecule has 110 valence electrons. The van der Waals surface area contributed by atoms with Crippen LogP contribution in [0, 0.1) is 5.92 Å². The summed E-state index contributed by atoms with van der Waals surface area (Å²) in [6.07, 6.45) is 2.76. The lowest BCUT2D eigenvalue weighted by Gasteiger charge is -2.23. The van der Waals surface area contributed by atoms with Crippen molar-refractivity contribution in [2.24, 2.45) is 5.92 Å². The summed E-state index contributed by atoms with van der Waals surface area (Å²) in [6, 6.07) is 5.40. The van der Waals surface area contributed by atoms with E-state index in [4.69, 9.17) is 23.2 Å². The Balaban J connectivity index is 1.87. The second-order valence-electron chi connectivity index (χ2n) is 5.36. The molecule has 0 saturated carbocycles. The summed E-state index contributed by atoms with van der Waals surface area (Å²) in [6.45, 7) is 3.99. The first-order chi connectivity index (χ1) is 9.56. The molecule has 0 aliphatic carbocycles. The summed E-state index contributed by atoms with van der Waals surface area (Å²) >= 11 is 11.9. The highest BCUT2D eigenvalue weighted by Crippen LogP contribution is 2.25. The molecule has 2 rings (SSSR count). The summed E-state index contributed by atoms with van der Waals surface area (Å²) in [5, 5.41) is 7.38. The molecule has 1 aliphatic rings. The van der Waals surface area contributed by atoms with Crippen LogP contribution < -0.4 is 10.6 Å². The molecular formula is C15H20Cl2N2O. The van der Waals surface area contributed by atoms with Crippen molar-refractivity contribution in [3.63, 3.8) is 0 Å². The SMILES string of the molecule is CC(NC(=O)CC1CCNCC1)c1ccc(Cl)c(Cl)c1. The molecule has 1 amide bonds. The molecule has 0 radical (unpaired) electrons. The topological polar surface area (TPSA) is 41.1 Å². The average molecular weight is 315 g/mol. The maximum atomic E-state index is 12.1. The Morgan fingerprint density at radius 1 is 1.35 bits per heavy atom. The average Bonchev–Trinajstić information content (AvgIpc) is 2.42. The highest BCUT2D eigenvalue weighted by molar-refractivity contribution is 6.42. The molecule has 1 atom stereocenters. The fourth-order valence-electron chi connectivity index (χ4n) is 2.51. The van der Waals surface area contributed by atoms with Gasteiger partial charge in [-0.25, -0.2) is 0 Å². The maximum absolute atomic E-state index is 12.1. The highest BCUT2D eigenvalue weighted by atomic mass is 35.5. The van der Waals surface area contributed by atoms with Gasteiger partial charge in [0.05, 0.1) is 16.1 Å². The van der Waals surface area contributed by atoms with Gasteiger partial charge in [-0.05, 0) is 56.5 Å². The van der Waals surface area contributed by atoms with E-state index in [0.717, 1.165) is 31.5 Å². The smallest absolute Gasteiger partial charge is 0.220 e. The minimum Gasteiger partial charge on any atom is -0.350 e. The number of carbonyl (C=O) groups excluding carboxylic acids is 1. The van der Waals surface area contributed by atoms with Gasteiger partial charge in [0.25, 0.3) is 0 Å². The number of rotatable bonds is 4. The zero-order chi connectivity index (χ0) is 14.5. The lowest BCUT2D eigenvalue weighted by molar-refractivity contribution is -0.122. The van der Waals surface area contributed by atoms with Gasteiger partial charge in [0.1, 0.15) is 0 Å². The molecule has 0 spiro atoms. The lowest BCUT2D eigenvalue weighted by Crippen LogP contribution is -2.33. The van der Waals surface area contributed by atoms with Gasteiger partial charge in [0.15, 0.2) is 0 Å². The fraction of sp³-hybridized carbons (Fsp3) is 0.533. The second kappa shape index (κ2) is 7.30. The largest absolute Gasteiger partial charge is 0.350 e. The Kier molecular flexibility index (Phi) is 5.70. The zero-order valence-electron chi connectivity index (χ0n) is 11.6. The van der Waals surface area contributed by atoms with Gasteiger partial charge in [-0.2, -0.15) is 0 Å². The second-order valence-corrected chi connectivity index (χ2v) is 6.17. The zero-order valence-corrected chi connectivity index (χ0v) is 13.1. The van der Waals surface area contributed by atoms with Gasteiger partial charge in [0.2, 0.25) is 5.91 Å². The predicted octanol–water partition coefficient (Wildman–Crippen LogP) is 3.56. The predicted molar refractivity (Wildman–Crippen MR) is 83.2 cm³/mol. The van der Waals surface area contributed by atoms with Crippen molar-refractivity contribution < 1.29 is 4.79 Å². The van der Waals surface area contributed by atoms with E-state index in [2.05, 4.69) is 10.6 Å². The number of halogens is 2. The third-order valence-electron chi connectivity index (χ3n) is 3.75. The quantitative estimate of drug-likeness (QED) is 0.892. The van der Waals surface area contributed by atoms with Crippen LogP contribution in [0.15, 0.2) is 18.2 Å². The summed E-state index contributed by atoms with van der Waals surface area (Å²) in [5.74, 6) is 0.604. The number of hydrogen-bond donors (Lipinski definition) is 2. The number of piperidine rings is 1. The first-order valence-corrected chi connectivity index (χ1v) is 7.77. The van der Waals surface area contributed by atoms with Crippen molar-refractivity contribution in [3.05, 3.63) is 33.8 Å². The van der Waals surface area contributed by atoms with Crippen molar-refractivity contribution in [3.8, 4) is 0 Å².